The van der Waals surface area contributed by atoms with Crippen molar-refractivity contribution in [2.45, 2.75) is 25.7 Å². The maximum atomic E-state index is 4.95. The summed E-state index contributed by atoms with van der Waals surface area (Å²) >= 11 is 0. The van der Waals surface area contributed by atoms with Crippen molar-refractivity contribution in [2.24, 2.45) is 9.98 Å². The van der Waals surface area contributed by atoms with Gasteiger partial charge in [-0.05, 0) is 87.3 Å². The van der Waals surface area contributed by atoms with Crippen LogP contribution in [0.25, 0.3) is 33.4 Å². The first-order valence-corrected chi connectivity index (χ1v) is 17.6. The predicted molar refractivity (Wildman–Crippen MR) is 198 cm³/mol. The van der Waals surface area contributed by atoms with Crippen LogP contribution < -0.4 is 0 Å². The Balaban J connectivity index is 1.00. The molecule has 2 saturated heterocycles. The number of aromatic amines is 1. The fourth-order valence-electron chi connectivity index (χ4n) is 6.47. The molecule has 0 aliphatic carbocycles. The number of fused-ring (bicyclic) bond motifs is 1. The highest BCUT2D eigenvalue weighted by Gasteiger charge is 2.14. The van der Waals surface area contributed by atoms with Crippen LogP contribution in [0.3, 0.4) is 0 Å². The summed E-state index contributed by atoms with van der Waals surface area (Å²) in [6.45, 7) is 13.7. The first-order chi connectivity index (χ1) is 23.1. The summed E-state index contributed by atoms with van der Waals surface area (Å²) in [5.41, 5.74) is 7.59. The highest BCUT2D eigenvalue weighted by atomic mass is 15.2. The van der Waals surface area contributed by atoms with Gasteiger partial charge < -0.3 is 24.6 Å². The zero-order valence-electron chi connectivity index (χ0n) is 28.4. The van der Waals surface area contributed by atoms with Crippen LogP contribution in [-0.4, -0.2) is 135 Å². The highest BCUT2D eigenvalue weighted by molar-refractivity contribution is 5.96. The van der Waals surface area contributed by atoms with Crippen LogP contribution in [0.2, 0.25) is 0 Å². The monoisotopic (exact) mass is 632 g/mol. The lowest BCUT2D eigenvalue weighted by molar-refractivity contribution is 0.152. The van der Waals surface area contributed by atoms with E-state index in [1.807, 2.05) is 18.6 Å². The maximum absolute atomic E-state index is 4.95. The molecule has 47 heavy (non-hydrogen) atoms. The molecular weight excluding hydrogens is 580 g/mol. The zero-order chi connectivity index (χ0) is 32.3. The fourth-order valence-corrected chi connectivity index (χ4v) is 6.47. The van der Waals surface area contributed by atoms with Gasteiger partial charge in [0.25, 0.3) is 0 Å². The normalized spacial score (nSPS) is 17.5. The lowest BCUT2D eigenvalue weighted by atomic mass is 9.99. The molecule has 8 heteroatoms. The number of rotatable bonds is 14. The third-order valence-electron chi connectivity index (χ3n) is 9.65. The average molecular weight is 633 g/mol. The molecular formula is C39H52N8. The Morgan fingerprint density at radius 2 is 1.15 bits per heavy atom. The quantitative estimate of drug-likeness (QED) is 0.141. The smallest absolute Gasteiger partial charge is 0.138 e. The number of hydrogen-bond donors (Lipinski definition) is 1. The minimum absolute atomic E-state index is 0.881. The highest BCUT2D eigenvalue weighted by Crippen LogP contribution is 2.32. The van der Waals surface area contributed by atoms with E-state index in [9.17, 15) is 0 Å². The predicted octanol–water partition coefficient (Wildman–Crippen LogP) is 5.79. The molecule has 2 aliphatic rings. The van der Waals surface area contributed by atoms with Gasteiger partial charge in [-0.25, -0.2) is 4.98 Å². The van der Waals surface area contributed by atoms with Crippen molar-refractivity contribution < 1.29 is 0 Å². The molecule has 0 spiro atoms. The van der Waals surface area contributed by atoms with Crippen molar-refractivity contribution in [3.8, 4) is 22.4 Å². The molecule has 0 atom stereocenters. The van der Waals surface area contributed by atoms with E-state index < -0.39 is 0 Å². The summed E-state index contributed by atoms with van der Waals surface area (Å²) in [6, 6.07) is 21.7. The molecule has 248 valence electrons. The van der Waals surface area contributed by atoms with Gasteiger partial charge in [0, 0.05) is 95.0 Å². The van der Waals surface area contributed by atoms with Crippen LogP contribution in [0.15, 0.2) is 76.8 Å². The van der Waals surface area contributed by atoms with E-state index in [0.717, 1.165) is 59.3 Å². The van der Waals surface area contributed by atoms with Gasteiger partial charge in [0.05, 0.1) is 5.69 Å². The van der Waals surface area contributed by atoms with Crippen molar-refractivity contribution in [3.63, 3.8) is 0 Å². The lowest BCUT2D eigenvalue weighted by Gasteiger charge is -2.32. The second-order valence-corrected chi connectivity index (χ2v) is 13.3. The van der Waals surface area contributed by atoms with E-state index in [-0.39, 0.29) is 0 Å². The summed E-state index contributed by atoms with van der Waals surface area (Å²) in [7, 11) is 4.42. The van der Waals surface area contributed by atoms with Crippen LogP contribution in [0.5, 0.6) is 0 Å². The molecule has 0 amide bonds. The van der Waals surface area contributed by atoms with Gasteiger partial charge in [0.15, 0.2) is 0 Å². The van der Waals surface area contributed by atoms with Gasteiger partial charge in [-0.2, -0.15) is 0 Å². The summed E-state index contributed by atoms with van der Waals surface area (Å²) in [6.07, 6.45) is 10.7. The first kappa shape index (κ1) is 33.2. The Labute approximate surface area is 281 Å². The minimum Gasteiger partial charge on any atom is -0.346 e. The number of benzene rings is 2. The van der Waals surface area contributed by atoms with Crippen LogP contribution in [-0.2, 0) is 0 Å². The van der Waals surface area contributed by atoms with Crippen molar-refractivity contribution in [1.82, 2.24) is 29.6 Å². The number of nitrogens with zero attached hydrogens (tertiary/aromatic N) is 7. The number of hydrogen-bond acceptors (Lipinski definition) is 7. The van der Waals surface area contributed by atoms with Gasteiger partial charge in [-0.15, -0.1) is 0 Å². The standard InChI is InChI=1S/C39H52N8/c1-44-21-25-46(26-22-44)19-5-3-16-40-30-32-7-11-34(12-8-32)37-29-38(43-39-36(37)15-18-42-39)35-13-9-33(10-14-35)31-41-17-4-6-20-47-27-23-45(2)24-28-47/h7-15,18,29-31H,3-6,16-17,19-28H2,1-2H3,(H,42,43). The lowest BCUT2D eigenvalue weighted by Crippen LogP contribution is -2.44. The van der Waals surface area contributed by atoms with Gasteiger partial charge in [0.1, 0.15) is 5.65 Å². The number of aromatic nitrogens is 2. The third kappa shape index (κ3) is 9.67. The molecule has 0 bridgehead atoms. The Kier molecular flexibility index (Phi) is 12.0. The fraction of sp³-hybridized carbons (Fsp3) is 0.462. The third-order valence-corrected chi connectivity index (χ3v) is 9.65. The molecule has 8 nitrogen and oxygen atoms in total. The number of piperazine rings is 2. The van der Waals surface area contributed by atoms with Crippen molar-refractivity contribution in [2.75, 3.05) is 92.6 Å². The average Bonchev–Trinajstić information content (AvgIpc) is 3.59. The largest absolute Gasteiger partial charge is 0.346 e. The molecule has 2 aromatic heterocycles. The van der Waals surface area contributed by atoms with Crippen molar-refractivity contribution in [1.29, 1.82) is 0 Å². The van der Waals surface area contributed by atoms with Crippen LogP contribution in [0.4, 0.5) is 0 Å². The number of unbranched alkanes of at least 4 members (excludes halogenated alkanes) is 2. The molecule has 4 heterocycles. The van der Waals surface area contributed by atoms with Gasteiger partial charge in [-0.3, -0.25) is 9.98 Å². The second kappa shape index (κ2) is 16.9. The summed E-state index contributed by atoms with van der Waals surface area (Å²) < 4.78 is 0. The van der Waals surface area contributed by atoms with E-state index in [2.05, 4.69) is 99.3 Å². The van der Waals surface area contributed by atoms with Gasteiger partial charge in [-0.1, -0.05) is 48.5 Å². The number of nitrogens with one attached hydrogen (secondary N) is 1. The number of H-pyrrole nitrogens is 1. The molecule has 0 unspecified atom stereocenters. The van der Waals surface area contributed by atoms with E-state index >= 15 is 0 Å². The van der Waals surface area contributed by atoms with Crippen LogP contribution >= 0.6 is 0 Å². The van der Waals surface area contributed by atoms with Gasteiger partial charge in [0.2, 0.25) is 0 Å². The molecule has 2 fully saturated rings. The summed E-state index contributed by atoms with van der Waals surface area (Å²) in [5.74, 6) is 0. The Hall–Kier alpha value is -3.69. The molecule has 2 aliphatic heterocycles. The minimum atomic E-state index is 0.881. The van der Waals surface area contributed by atoms with E-state index in [1.165, 1.54) is 89.4 Å². The molecule has 6 rings (SSSR count). The summed E-state index contributed by atoms with van der Waals surface area (Å²) in [5, 5.41) is 1.13. The molecule has 0 saturated carbocycles. The van der Waals surface area contributed by atoms with Crippen molar-refractivity contribution >= 4 is 23.5 Å². The van der Waals surface area contributed by atoms with Gasteiger partial charge >= 0.3 is 0 Å². The Morgan fingerprint density at radius 1 is 0.638 bits per heavy atom. The Morgan fingerprint density at radius 3 is 1.68 bits per heavy atom. The molecule has 1 N–H and O–H groups in total. The molecule has 4 aromatic rings. The zero-order valence-corrected chi connectivity index (χ0v) is 28.4. The maximum Gasteiger partial charge on any atom is 0.138 e. The molecule has 0 radical (unpaired) electrons. The molecule has 2 aromatic carbocycles. The van der Waals surface area contributed by atoms with E-state index in [4.69, 9.17) is 15.0 Å². The van der Waals surface area contributed by atoms with Crippen molar-refractivity contribution in [3.05, 3.63) is 78.0 Å². The SMILES string of the molecule is CN1CCN(CCCCN=Cc2ccc(-c3cc(-c4ccc(C=NCCCCN5CCN(C)CC5)cc4)c4cc[nH]c4n3)cc2)CC1. The number of likely N-dealkylation sites (N-methyl/N-ethyl adjacent to an activating group) is 2. The number of aliphatic imine (C=N–C) groups is 2. The van der Waals surface area contributed by atoms with E-state index in [0.29, 0.717) is 0 Å². The van der Waals surface area contributed by atoms with E-state index in [1.54, 1.807) is 0 Å². The van der Waals surface area contributed by atoms with Crippen LogP contribution in [0.1, 0.15) is 36.8 Å². The number of pyridine rings is 1. The van der Waals surface area contributed by atoms with Crippen LogP contribution in [0, 0.1) is 0 Å². The second-order valence-electron chi connectivity index (χ2n) is 13.3. The first-order valence-electron chi connectivity index (χ1n) is 17.6. The topological polar surface area (TPSA) is 66.4 Å². The Bertz CT molecular complexity index is 1570. The summed E-state index contributed by atoms with van der Waals surface area (Å²) in [4.78, 5) is 27.7.